The summed E-state index contributed by atoms with van der Waals surface area (Å²) in [5.74, 6) is -1.48. The number of rotatable bonds is 3. The topological polar surface area (TPSA) is 79.4 Å². The van der Waals surface area contributed by atoms with Crippen LogP contribution in [0.2, 0.25) is 0 Å². The highest BCUT2D eigenvalue weighted by molar-refractivity contribution is 6.17. The molecule has 1 aromatic heterocycles. The number of nitrogens with one attached hydrogen (secondary N) is 1. The lowest BCUT2D eigenvalue weighted by Crippen LogP contribution is -2.51. The van der Waals surface area contributed by atoms with Crippen molar-refractivity contribution in [3.8, 4) is 0 Å². The highest BCUT2D eigenvalue weighted by atomic mass is 16.2. The number of aromatic nitrogens is 1. The molecular formula is C31H29N3O3. The average Bonchev–Trinajstić information content (AvgIpc) is 3.36. The molecule has 0 saturated carbocycles. The average molecular weight is 492 g/mol. The SMILES string of the molecule is CC1=C[C@@H]2N(c3ccccc31)[C@H](C(=O)C(C)(C)C)[C@@H](C(=O)c1ccncc1)[C@]21C(=O)Nc2ccccc21. The second kappa shape index (κ2) is 7.97. The Morgan fingerprint density at radius 3 is 2.38 bits per heavy atom. The Kier molecular flexibility index (Phi) is 5.03. The van der Waals surface area contributed by atoms with E-state index in [0.29, 0.717) is 11.3 Å². The van der Waals surface area contributed by atoms with Gasteiger partial charge in [0.25, 0.3) is 0 Å². The van der Waals surface area contributed by atoms with E-state index in [9.17, 15) is 14.4 Å². The largest absolute Gasteiger partial charge is 0.352 e. The fourth-order valence-corrected chi connectivity index (χ4v) is 6.53. The summed E-state index contributed by atoms with van der Waals surface area (Å²) < 4.78 is 0. The zero-order valence-electron chi connectivity index (χ0n) is 21.4. The van der Waals surface area contributed by atoms with E-state index in [1.165, 1.54) is 0 Å². The zero-order chi connectivity index (χ0) is 26.1. The molecule has 37 heavy (non-hydrogen) atoms. The summed E-state index contributed by atoms with van der Waals surface area (Å²) in [6, 6.07) is 17.5. The number of benzene rings is 2. The number of carbonyl (C=O) groups is 3. The quantitative estimate of drug-likeness (QED) is 0.518. The number of ketones is 2. The minimum Gasteiger partial charge on any atom is -0.352 e. The van der Waals surface area contributed by atoms with Gasteiger partial charge in [0.15, 0.2) is 11.6 Å². The fourth-order valence-electron chi connectivity index (χ4n) is 6.53. The van der Waals surface area contributed by atoms with Gasteiger partial charge in [0.05, 0.1) is 12.0 Å². The monoisotopic (exact) mass is 491 g/mol. The van der Waals surface area contributed by atoms with Gasteiger partial charge in [0, 0.05) is 40.3 Å². The van der Waals surface area contributed by atoms with Gasteiger partial charge in [-0.1, -0.05) is 63.2 Å². The maximum Gasteiger partial charge on any atom is 0.238 e. The molecule has 0 aliphatic carbocycles. The van der Waals surface area contributed by atoms with Crippen LogP contribution in [0.3, 0.4) is 0 Å². The van der Waals surface area contributed by atoms with Crippen molar-refractivity contribution in [1.82, 2.24) is 4.98 Å². The van der Waals surface area contributed by atoms with Crippen LogP contribution < -0.4 is 10.2 Å². The summed E-state index contributed by atoms with van der Waals surface area (Å²) in [5, 5.41) is 3.07. The van der Waals surface area contributed by atoms with Crippen LogP contribution in [0.1, 0.15) is 49.2 Å². The van der Waals surface area contributed by atoms with E-state index < -0.39 is 28.8 Å². The third-order valence-electron chi connectivity index (χ3n) is 8.14. The molecule has 6 heteroatoms. The minimum absolute atomic E-state index is 0.0679. The number of pyridine rings is 1. The second-order valence-electron chi connectivity index (χ2n) is 11.2. The lowest BCUT2D eigenvalue weighted by atomic mass is 9.63. The Balaban J connectivity index is 1.71. The zero-order valence-corrected chi connectivity index (χ0v) is 21.4. The lowest BCUT2D eigenvalue weighted by Gasteiger charge is -2.39. The van der Waals surface area contributed by atoms with Gasteiger partial charge in [-0.25, -0.2) is 0 Å². The number of nitrogens with zero attached hydrogens (tertiary/aromatic N) is 2. The van der Waals surface area contributed by atoms with E-state index in [1.54, 1.807) is 24.5 Å². The van der Waals surface area contributed by atoms with Crippen molar-refractivity contribution in [3.63, 3.8) is 0 Å². The number of hydrogen-bond acceptors (Lipinski definition) is 5. The van der Waals surface area contributed by atoms with Gasteiger partial charge in [-0.2, -0.15) is 0 Å². The predicted molar refractivity (Wildman–Crippen MR) is 143 cm³/mol. The van der Waals surface area contributed by atoms with Crippen LogP contribution in [0, 0.1) is 11.3 Å². The van der Waals surface area contributed by atoms with E-state index in [0.717, 1.165) is 22.4 Å². The van der Waals surface area contributed by atoms with Crippen molar-refractivity contribution in [2.75, 3.05) is 10.2 Å². The third-order valence-corrected chi connectivity index (χ3v) is 8.14. The lowest BCUT2D eigenvalue weighted by molar-refractivity contribution is -0.128. The number of anilines is 2. The van der Waals surface area contributed by atoms with Crippen LogP contribution in [-0.4, -0.2) is 34.5 Å². The second-order valence-corrected chi connectivity index (χ2v) is 11.2. The molecular weight excluding hydrogens is 462 g/mol. The molecule has 3 aliphatic rings. The van der Waals surface area contributed by atoms with Crippen molar-refractivity contribution >= 4 is 34.4 Å². The third kappa shape index (κ3) is 3.11. The molecule has 4 heterocycles. The molecule has 3 aromatic rings. The van der Waals surface area contributed by atoms with Crippen LogP contribution in [0.25, 0.3) is 5.57 Å². The first-order valence-corrected chi connectivity index (χ1v) is 12.6. The van der Waals surface area contributed by atoms with E-state index in [2.05, 4.69) is 21.3 Å². The number of amides is 1. The molecule has 6 nitrogen and oxygen atoms in total. The summed E-state index contributed by atoms with van der Waals surface area (Å²) in [4.78, 5) is 49.3. The highest BCUT2D eigenvalue weighted by Gasteiger charge is 2.71. The molecule has 4 atom stereocenters. The molecule has 1 N–H and O–H groups in total. The molecule has 2 aromatic carbocycles. The fraction of sp³-hybridized carbons (Fsp3) is 0.290. The van der Waals surface area contributed by atoms with Gasteiger partial charge in [-0.15, -0.1) is 0 Å². The highest BCUT2D eigenvalue weighted by Crippen LogP contribution is 2.59. The van der Waals surface area contributed by atoms with Gasteiger partial charge < -0.3 is 10.2 Å². The number of hydrogen-bond donors (Lipinski definition) is 1. The van der Waals surface area contributed by atoms with E-state index >= 15 is 0 Å². The normalized spacial score (nSPS) is 25.7. The van der Waals surface area contributed by atoms with Crippen molar-refractivity contribution in [2.45, 2.75) is 45.2 Å². The Labute approximate surface area is 216 Å². The van der Waals surface area contributed by atoms with Crippen LogP contribution in [0.15, 0.2) is 79.1 Å². The smallest absolute Gasteiger partial charge is 0.238 e. The molecule has 3 aliphatic heterocycles. The number of carbonyl (C=O) groups excluding carboxylic acids is 3. The Morgan fingerprint density at radius 1 is 0.973 bits per heavy atom. The Bertz CT molecular complexity index is 1490. The van der Waals surface area contributed by atoms with Gasteiger partial charge in [0.2, 0.25) is 5.91 Å². The molecule has 6 rings (SSSR count). The first-order chi connectivity index (χ1) is 17.7. The first kappa shape index (κ1) is 23.3. The van der Waals surface area contributed by atoms with Crippen molar-refractivity contribution in [3.05, 3.63) is 95.8 Å². The Morgan fingerprint density at radius 2 is 1.65 bits per heavy atom. The molecule has 0 radical (unpaired) electrons. The van der Waals surface area contributed by atoms with E-state index in [4.69, 9.17) is 0 Å². The predicted octanol–water partition coefficient (Wildman–Crippen LogP) is 5.06. The minimum atomic E-state index is -1.28. The summed E-state index contributed by atoms with van der Waals surface area (Å²) in [5.41, 5.74) is 2.77. The maximum atomic E-state index is 14.5. The first-order valence-electron chi connectivity index (χ1n) is 12.6. The molecule has 1 amide bonds. The van der Waals surface area contributed by atoms with Crippen molar-refractivity contribution in [1.29, 1.82) is 0 Å². The molecule has 1 spiro atoms. The van der Waals surface area contributed by atoms with E-state index in [1.807, 2.05) is 76.2 Å². The molecule has 186 valence electrons. The number of allylic oxidation sites excluding steroid dienone is 1. The summed E-state index contributed by atoms with van der Waals surface area (Å²) in [6.45, 7) is 7.66. The molecule has 1 fully saturated rings. The summed E-state index contributed by atoms with van der Waals surface area (Å²) in [7, 11) is 0. The summed E-state index contributed by atoms with van der Waals surface area (Å²) in [6.07, 6.45) is 5.22. The van der Waals surface area contributed by atoms with Crippen molar-refractivity contribution in [2.24, 2.45) is 11.3 Å². The maximum absolute atomic E-state index is 14.5. The van der Waals surface area contributed by atoms with Gasteiger partial charge >= 0.3 is 0 Å². The molecule has 0 unspecified atom stereocenters. The number of Topliss-reactive ketones (excluding diaryl/α,β-unsaturated/α-hetero) is 2. The van der Waals surface area contributed by atoms with Crippen LogP contribution in [0.4, 0.5) is 11.4 Å². The number of fused-ring (bicyclic) bond motifs is 6. The van der Waals surface area contributed by atoms with Gasteiger partial charge in [-0.05, 0) is 42.3 Å². The molecule has 1 saturated heterocycles. The number of para-hydroxylation sites is 2. The van der Waals surface area contributed by atoms with Gasteiger partial charge in [0.1, 0.15) is 11.5 Å². The van der Waals surface area contributed by atoms with E-state index in [-0.39, 0.29) is 17.5 Å². The Hall–Kier alpha value is -4.06. The van der Waals surface area contributed by atoms with Crippen LogP contribution in [-0.2, 0) is 15.0 Å². The summed E-state index contributed by atoms with van der Waals surface area (Å²) >= 11 is 0. The standard InChI is InChI=1S/C31H29N3O3/c1-18-17-24-31(21-10-6-7-11-22(21)33-29(31)37)25(27(35)19-13-15-32-16-14-19)26(28(36)30(2,3)4)34(24)23-12-8-5-9-20(18)23/h5-17,24-26H,1-4H3,(H,33,37)/t24-,25-,26-,31+/m0/s1. The van der Waals surface area contributed by atoms with Gasteiger partial charge in [-0.3, -0.25) is 19.4 Å². The van der Waals surface area contributed by atoms with Crippen molar-refractivity contribution < 1.29 is 14.4 Å². The van der Waals surface area contributed by atoms with Crippen LogP contribution in [0.5, 0.6) is 0 Å². The molecule has 0 bridgehead atoms. The van der Waals surface area contributed by atoms with Crippen LogP contribution >= 0.6 is 0 Å².